The maximum absolute atomic E-state index is 12.9. The lowest BCUT2D eigenvalue weighted by Gasteiger charge is -2.31. The van der Waals surface area contributed by atoms with E-state index >= 15 is 0 Å². The number of carbonyl (C=O) groups excluding carboxylic acids is 3. The number of likely N-dealkylation sites (N-methyl/N-ethyl adjacent to an activating group) is 1. The summed E-state index contributed by atoms with van der Waals surface area (Å²) in [6.07, 6.45) is 2.60. The molecule has 3 atom stereocenters. The zero-order chi connectivity index (χ0) is 25.5. The van der Waals surface area contributed by atoms with Crippen LogP contribution in [0, 0.1) is 17.8 Å². The first kappa shape index (κ1) is 28.3. The molecule has 1 saturated heterocycles. The van der Waals surface area contributed by atoms with Crippen LogP contribution in [-0.2, 0) is 19.1 Å². The van der Waals surface area contributed by atoms with E-state index in [4.69, 9.17) is 9.47 Å². The van der Waals surface area contributed by atoms with Crippen LogP contribution in [0.15, 0.2) is 0 Å². The van der Waals surface area contributed by atoms with Crippen molar-refractivity contribution in [2.75, 3.05) is 33.6 Å². The summed E-state index contributed by atoms with van der Waals surface area (Å²) in [5.74, 6) is -1.16. The second kappa shape index (κ2) is 12.7. The standard InChI is InChI=1S/C23H42N4O7/c1-6-33-14-34-13-18(24-19(28)16-9-7-15(2)8-10-16)11-17(20(29)25-32)12-27-21(30)23(3,4)26(5)22(27)31/h15-18,21,30,32H,6-14H2,1-5H3,(H,24,28)(H,25,29)/t15?,16?,17-,18+,21?/m1/s1. The summed E-state index contributed by atoms with van der Waals surface area (Å²) in [5, 5.41) is 23.0. The highest BCUT2D eigenvalue weighted by Gasteiger charge is 2.50. The van der Waals surface area contributed by atoms with Crippen molar-refractivity contribution in [1.82, 2.24) is 20.6 Å². The third-order valence-corrected chi connectivity index (χ3v) is 7.21. The van der Waals surface area contributed by atoms with Gasteiger partial charge in [-0.05, 0) is 58.8 Å². The molecule has 11 nitrogen and oxygen atoms in total. The van der Waals surface area contributed by atoms with Gasteiger partial charge in [-0.2, -0.15) is 0 Å². The fourth-order valence-corrected chi connectivity index (χ4v) is 4.56. The predicted octanol–water partition coefficient (Wildman–Crippen LogP) is 1.28. The highest BCUT2D eigenvalue weighted by atomic mass is 16.7. The molecule has 1 unspecified atom stereocenters. The van der Waals surface area contributed by atoms with Gasteiger partial charge in [-0.1, -0.05) is 6.92 Å². The van der Waals surface area contributed by atoms with Crippen LogP contribution in [0.5, 0.6) is 0 Å². The van der Waals surface area contributed by atoms with E-state index in [1.165, 1.54) is 9.80 Å². The summed E-state index contributed by atoms with van der Waals surface area (Å²) in [6, 6.07) is -0.965. The molecule has 1 aliphatic carbocycles. The van der Waals surface area contributed by atoms with E-state index in [1.807, 2.05) is 6.92 Å². The number of urea groups is 1. The summed E-state index contributed by atoms with van der Waals surface area (Å²) in [4.78, 5) is 40.8. The van der Waals surface area contributed by atoms with Gasteiger partial charge < -0.3 is 24.8 Å². The van der Waals surface area contributed by atoms with Crippen molar-refractivity contribution in [2.24, 2.45) is 17.8 Å². The van der Waals surface area contributed by atoms with Gasteiger partial charge in [-0.15, -0.1) is 0 Å². The van der Waals surface area contributed by atoms with Gasteiger partial charge in [0.15, 0.2) is 6.23 Å². The second-order valence-corrected chi connectivity index (χ2v) is 10.1. The van der Waals surface area contributed by atoms with Gasteiger partial charge in [0.25, 0.3) is 0 Å². The third-order valence-electron chi connectivity index (χ3n) is 7.21. The quantitative estimate of drug-likeness (QED) is 0.141. The Labute approximate surface area is 202 Å². The first-order valence-electron chi connectivity index (χ1n) is 12.1. The molecule has 4 amide bonds. The van der Waals surface area contributed by atoms with Crippen molar-refractivity contribution >= 4 is 17.8 Å². The minimum absolute atomic E-state index is 0.0446. The van der Waals surface area contributed by atoms with Crippen LogP contribution in [0.4, 0.5) is 4.79 Å². The number of nitrogens with zero attached hydrogens (tertiary/aromatic N) is 2. The average Bonchev–Trinajstić information content (AvgIpc) is 2.95. The Hall–Kier alpha value is -1.95. The van der Waals surface area contributed by atoms with Crippen molar-refractivity contribution in [3.63, 3.8) is 0 Å². The van der Waals surface area contributed by atoms with E-state index in [9.17, 15) is 24.7 Å². The lowest BCUT2D eigenvalue weighted by molar-refractivity contribution is -0.136. The summed E-state index contributed by atoms with van der Waals surface area (Å²) in [7, 11) is 1.59. The largest absolute Gasteiger partial charge is 0.371 e. The number of ether oxygens (including phenoxy) is 2. The van der Waals surface area contributed by atoms with Crippen LogP contribution in [0.3, 0.4) is 0 Å². The molecule has 0 aromatic carbocycles. The third kappa shape index (κ3) is 7.03. The van der Waals surface area contributed by atoms with Crippen molar-refractivity contribution in [2.45, 2.75) is 77.6 Å². The molecule has 1 saturated carbocycles. The number of aliphatic hydroxyl groups excluding tert-OH is 1. The van der Waals surface area contributed by atoms with Crippen molar-refractivity contribution in [1.29, 1.82) is 0 Å². The van der Waals surface area contributed by atoms with Gasteiger partial charge in [-0.3, -0.25) is 19.7 Å². The topological polar surface area (TPSA) is 141 Å². The predicted molar refractivity (Wildman–Crippen MR) is 123 cm³/mol. The molecule has 11 heteroatoms. The lowest BCUT2D eigenvalue weighted by atomic mass is 9.82. The Kier molecular flexibility index (Phi) is 10.5. The summed E-state index contributed by atoms with van der Waals surface area (Å²) in [5.41, 5.74) is 0.810. The molecule has 0 aromatic rings. The van der Waals surface area contributed by atoms with E-state index in [0.717, 1.165) is 25.7 Å². The molecule has 2 rings (SSSR count). The highest BCUT2D eigenvalue weighted by molar-refractivity contribution is 5.82. The number of hydrogen-bond acceptors (Lipinski definition) is 7. The molecule has 196 valence electrons. The first-order valence-corrected chi connectivity index (χ1v) is 12.1. The van der Waals surface area contributed by atoms with Crippen molar-refractivity contribution < 1.29 is 34.2 Å². The fraction of sp³-hybridized carbons (Fsp3) is 0.870. The number of amides is 4. The number of rotatable bonds is 12. The van der Waals surface area contributed by atoms with E-state index in [1.54, 1.807) is 26.4 Å². The molecule has 0 radical (unpaired) electrons. The van der Waals surface area contributed by atoms with Gasteiger partial charge in [-0.25, -0.2) is 10.3 Å². The van der Waals surface area contributed by atoms with Gasteiger partial charge in [0.2, 0.25) is 11.8 Å². The monoisotopic (exact) mass is 486 g/mol. The van der Waals surface area contributed by atoms with E-state index in [-0.39, 0.29) is 38.2 Å². The molecule has 1 aliphatic heterocycles. The Morgan fingerprint density at radius 2 is 1.85 bits per heavy atom. The van der Waals surface area contributed by atoms with E-state index in [2.05, 4.69) is 12.2 Å². The highest BCUT2D eigenvalue weighted by Crippen LogP contribution is 2.31. The number of nitrogens with one attached hydrogen (secondary N) is 2. The SMILES string of the molecule is CCOCOC[C@H](C[C@H](CN1C(=O)N(C)C(C)(C)C1O)C(=O)NO)NC(=O)C1CCC(C)CC1. The van der Waals surface area contributed by atoms with Gasteiger partial charge in [0.05, 0.1) is 24.1 Å². The number of aliphatic hydroxyl groups is 1. The zero-order valence-corrected chi connectivity index (χ0v) is 21.1. The molecule has 0 spiro atoms. The van der Waals surface area contributed by atoms with Gasteiger partial charge >= 0.3 is 6.03 Å². The zero-order valence-electron chi connectivity index (χ0n) is 21.1. The number of hydrogen-bond donors (Lipinski definition) is 4. The Morgan fingerprint density at radius 1 is 1.21 bits per heavy atom. The summed E-state index contributed by atoms with van der Waals surface area (Å²) in [6.45, 7) is 7.98. The minimum Gasteiger partial charge on any atom is -0.371 e. The summed E-state index contributed by atoms with van der Waals surface area (Å²) < 4.78 is 10.8. The first-order chi connectivity index (χ1) is 16.0. The molecule has 1 heterocycles. The van der Waals surface area contributed by atoms with Crippen molar-refractivity contribution in [3.05, 3.63) is 0 Å². The van der Waals surface area contributed by atoms with E-state index < -0.39 is 35.7 Å². The minimum atomic E-state index is -1.13. The summed E-state index contributed by atoms with van der Waals surface area (Å²) >= 11 is 0. The van der Waals surface area contributed by atoms with Crippen LogP contribution >= 0.6 is 0 Å². The van der Waals surface area contributed by atoms with E-state index in [0.29, 0.717) is 12.5 Å². The van der Waals surface area contributed by atoms with Crippen LogP contribution in [-0.4, -0.2) is 89.4 Å². The molecule has 0 aromatic heterocycles. The molecule has 2 fully saturated rings. The molecule has 0 bridgehead atoms. The molecular formula is C23H42N4O7. The van der Waals surface area contributed by atoms with Crippen LogP contribution < -0.4 is 10.8 Å². The van der Waals surface area contributed by atoms with Crippen LogP contribution in [0.1, 0.15) is 59.8 Å². The van der Waals surface area contributed by atoms with Crippen LogP contribution in [0.2, 0.25) is 0 Å². The maximum atomic E-state index is 12.9. The Balaban J connectivity index is 2.12. The molecular weight excluding hydrogens is 444 g/mol. The molecule has 34 heavy (non-hydrogen) atoms. The second-order valence-electron chi connectivity index (χ2n) is 10.1. The number of carbonyl (C=O) groups is 3. The smallest absolute Gasteiger partial charge is 0.322 e. The average molecular weight is 487 g/mol. The van der Waals surface area contributed by atoms with Gasteiger partial charge in [0, 0.05) is 26.1 Å². The molecule has 4 N–H and O–H groups in total. The molecule has 2 aliphatic rings. The van der Waals surface area contributed by atoms with Gasteiger partial charge in [0.1, 0.15) is 6.79 Å². The maximum Gasteiger partial charge on any atom is 0.322 e. The lowest BCUT2D eigenvalue weighted by Crippen LogP contribution is -2.49. The normalized spacial score (nSPS) is 26.3. The Morgan fingerprint density at radius 3 is 2.38 bits per heavy atom. The van der Waals surface area contributed by atoms with Crippen molar-refractivity contribution in [3.8, 4) is 0 Å². The Bertz CT molecular complexity index is 697. The fourth-order valence-electron chi connectivity index (χ4n) is 4.56. The number of hydroxylamine groups is 1. The van der Waals surface area contributed by atoms with Crippen LogP contribution in [0.25, 0.3) is 0 Å².